The predicted molar refractivity (Wildman–Crippen MR) is 43.4 cm³/mol. The van der Waals surface area contributed by atoms with Gasteiger partial charge in [0.05, 0.1) is 8.42 Å². The fourth-order valence-corrected chi connectivity index (χ4v) is 2.26. The van der Waals surface area contributed by atoms with Gasteiger partial charge in [0.15, 0.2) is 0 Å². The molecule has 1 aromatic heterocycles. The highest BCUT2D eigenvalue weighted by Gasteiger charge is 1.90. The summed E-state index contributed by atoms with van der Waals surface area (Å²) in [5, 5.41) is 0. The second-order valence-corrected chi connectivity index (χ2v) is 4.27. The van der Waals surface area contributed by atoms with Crippen LogP contribution in [0.25, 0.3) is 0 Å². The molecule has 0 saturated carbocycles. The first kappa shape index (κ1) is 6.52. The standard InChI is InChI=1S/C5H6S3/c1-7-5-3-2-4(6)8-5/h2-3,6H,1H3. The van der Waals surface area contributed by atoms with Crippen molar-refractivity contribution in [3.8, 4) is 0 Å². The van der Waals surface area contributed by atoms with Crippen LogP contribution >= 0.6 is 35.7 Å². The van der Waals surface area contributed by atoms with E-state index in [1.54, 1.807) is 23.1 Å². The molecule has 1 heterocycles. The largest absolute Gasteiger partial charge is 0.133 e. The van der Waals surface area contributed by atoms with E-state index in [4.69, 9.17) is 0 Å². The third-order valence-electron chi connectivity index (χ3n) is 0.768. The van der Waals surface area contributed by atoms with Gasteiger partial charge in [-0.05, 0) is 18.4 Å². The molecule has 44 valence electrons. The third kappa shape index (κ3) is 1.44. The van der Waals surface area contributed by atoms with Crippen LogP contribution in [0.4, 0.5) is 0 Å². The van der Waals surface area contributed by atoms with Crippen LogP contribution in [0.3, 0.4) is 0 Å². The topological polar surface area (TPSA) is 0 Å². The highest BCUT2D eigenvalue weighted by molar-refractivity contribution is 8.00. The van der Waals surface area contributed by atoms with Crippen LogP contribution in [0.15, 0.2) is 20.6 Å². The normalized spacial score (nSPS) is 9.75. The molecule has 0 nitrogen and oxygen atoms in total. The first-order valence-electron chi connectivity index (χ1n) is 2.15. The lowest BCUT2D eigenvalue weighted by Gasteiger charge is -1.80. The van der Waals surface area contributed by atoms with Gasteiger partial charge in [-0.15, -0.1) is 35.7 Å². The number of thioether (sulfide) groups is 1. The van der Waals surface area contributed by atoms with Crippen molar-refractivity contribution in [3.63, 3.8) is 0 Å². The minimum atomic E-state index is 1.09. The van der Waals surface area contributed by atoms with Crippen LogP contribution in [0, 0.1) is 0 Å². The molecule has 0 atom stereocenters. The molecule has 0 fully saturated rings. The molecule has 0 radical (unpaired) electrons. The number of thiophene rings is 1. The molecule has 0 N–H and O–H groups in total. The molecule has 0 aliphatic heterocycles. The summed E-state index contributed by atoms with van der Waals surface area (Å²) in [6.07, 6.45) is 2.07. The van der Waals surface area contributed by atoms with Crippen LogP contribution in [0.5, 0.6) is 0 Å². The van der Waals surface area contributed by atoms with Crippen molar-refractivity contribution in [1.29, 1.82) is 0 Å². The molecule has 1 rings (SSSR count). The molecule has 0 aliphatic carbocycles. The number of hydrogen-bond donors (Lipinski definition) is 1. The molecule has 3 heteroatoms. The summed E-state index contributed by atoms with van der Waals surface area (Å²) in [7, 11) is 0. The highest BCUT2D eigenvalue weighted by Crippen LogP contribution is 2.26. The van der Waals surface area contributed by atoms with Crippen molar-refractivity contribution in [2.45, 2.75) is 8.42 Å². The average molecular weight is 162 g/mol. The minimum Gasteiger partial charge on any atom is -0.133 e. The SMILES string of the molecule is CSc1ccc(S)s1. The van der Waals surface area contributed by atoms with Crippen molar-refractivity contribution in [1.82, 2.24) is 0 Å². The van der Waals surface area contributed by atoms with E-state index in [1.165, 1.54) is 4.21 Å². The van der Waals surface area contributed by atoms with Crippen molar-refractivity contribution in [2.75, 3.05) is 6.26 Å². The van der Waals surface area contributed by atoms with E-state index in [-0.39, 0.29) is 0 Å². The van der Waals surface area contributed by atoms with Crippen molar-refractivity contribution in [3.05, 3.63) is 12.1 Å². The Morgan fingerprint density at radius 3 is 2.62 bits per heavy atom. The molecule has 0 saturated heterocycles. The Morgan fingerprint density at radius 2 is 2.38 bits per heavy atom. The van der Waals surface area contributed by atoms with Gasteiger partial charge in [-0.3, -0.25) is 0 Å². The lowest BCUT2D eigenvalue weighted by Crippen LogP contribution is -1.46. The van der Waals surface area contributed by atoms with Crippen molar-refractivity contribution < 1.29 is 0 Å². The molecule has 0 aromatic carbocycles. The Bertz CT molecular complexity index is 168. The monoisotopic (exact) mass is 162 g/mol. The van der Waals surface area contributed by atoms with E-state index in [2.05, 4.69) is 25.0 Å². The maximum Gasteiger partial charge on any atom is 0.0607 e. The van der Waals surface area contributed by atoms with Gasteiger partial charge in [0.25, 0.3) is 0 Å². The summed E-state index contributed by atoms with van der Waals surface area (Å²) in [5.74, 6) is 0. The molecule has 1 aromatic rings. The Labute approximate surface area is 62.7 Å². The van der Waals surface area contributed by atoms with Crippen LogP contribution in [0.2, 0.25) is 0 Å². The van der Waals surface area contributed by atoms with E-state index in [9.17, 15) is 0 Å². The first-order chi connectivity index (χ1) is 3.83. The maximum atomic E-state index is 4.16. The zero-order chi connectivity index (χ0) is 5.98. The number of thiol groups is 1. The lowest BCUT2D eigenvalue weighted by atomic mass is 10.7. The highest BCUT2D eigenvalue weighted by atomic mass is 32.2. The molecular formula is C5H6S3. The van der Waals surface area contributed by atoms with Crippen LogP contribution in [-0.4, -0.2) is 6.26 Å². The third-order valence-corrected chi connectivity index (χ3v) is 3.16. The maximum absolute atomic E-state index is 4.16. The van der Waals surface area contributed by atoms with Gasteiger partial charge in [-0.2, -0.15) is 0 Å². The van der Waals surface area contributed by atoms with E-state index in [0.717, 1.165) is 4.21 Å². The second-order valence-electron chi connectivity index (χ2n) is 1.30. The summed E-state index contributed by atoms with van der Waals surface area (Å²) in [5.41, 5.74) is 0. The molecule has 0 spiro atoms. The molecule has 0 aliphatic rings. The van der Waals surface area contributed by atoms with Crippen LogP contribution < -0.4 is 0 Å². The van der Waals surface area contributed by atoms with Gasteiger partial charge in [-0.25, -0.2) is 0 Å². The van der Waals surface area contributed by atoms with Crippen molar-refractivity contribution in [2.24, 2.45) is 0 Å². The van der Waals surface area contributed by atoms with E-state index < -0.39 is 0 Å². The fraction of sp³-hybridized carbons (Fsp3) is 0.200. The van der Waals surface area contributed by atoms with Crippen LogP contribution in [0.1, 0.15) is 0 Å². The predicted octanol–water partition coefficient (Wildman–Crippen LogP) is 2.76. The smallest absolute Gasteiger partial charge is 0.0607 e. The Balaban J connectivity index is 2.84. The molecular weight excluding hydrogens is 156 g/mol. The zero-order valence-electron chi connectivity index (χ0n) is 4.42. The van der Waals surface area contributed by atoms with E-state index in [1.807, 2.05) is 6.07 Å². The summed E-state index contributed by atoms with van der Waals surface area (Å²) < 4.78 is 2.42. The number of rotatable bonds is 1. The Hall–Kier alpha value is 0.400. The molecule has 0 unspecified atom stereocenters. The van der Waals surface area contributed by atoms with E-state index >= 15 is 0 Å². The summed E-state index contributed by atoms with van der Waals surface area (Å²) >= 11 is 7.64. The van der Waals surface area contributed by atoms with Crippen molar-refractivity contribution >= 4 is 35.7 Å². The zero-order valence-corrected chi connectivity index (χ0v) is 6.95. The lowest BCUT2D eigenvalue weighted by molar-refractivity contribution is 1.69. The van der Waals surface area contributed by atoms with Gasteiger partial charge in [0.1, 0.15) is 0 Å². The van der Waals surface area contributed by atoms with Gasteiger partial charge < -0.3 is 0 Å². The first-order valence-corrected chi connectivity index (χ1v) is 4.64. The summed E-state index contributed by atoms with van der Waals surface area (Å²) in [4.78, 5) is 0. The van der Waals surface area contributed by atoms with Gasteiger partial charge in [0.2, 0.25) is 0 Å². The van der Waals surface area contributed by atoms with Gasteiger partial charge in [0, 0.05) is 0 Å². The Kier molecular flexibility index (Phi) is 2.28. The second kappa shape index (κ2) is 2.80. The van der Waals surface area contributed by atoms with E-state index in [0.29, 0.717) is 0 Å². The molecule has 0 amide bonds. The number of hydrogen-bond acceptors (Lipinski definition) is 3. The molecule has 8 heavy (non-hydrogen) atoms. The average Bonchev–Trinajstić information content (AvgIpc) is 2.14. The quantitative estimate of drug-likeness (QED) is 0.489. The fourth-order valence-electron chi connectivity index (χ4n) is 0.420. The van der Waals surface area contributed by atoms with Crippen LogP contribution in [-0.2, 0) is 0 Å². The van der Waals surface area contributed by atoms with Gasteiger partial charge in [-0.1, -0.05) is 0 Å². The minimum absolute atomic E-state index is 1.09. The molecule has 0 bridgehead atoms. The van der Waals surface area contributed by atoms with Gasteiger partial charge >= 0.3 is 0 Å². The Morgan fingerprint density at radius 1 is 1.62 bits per heavy atom. The summed E-state index contributed by atoms with van der Waals surface area (Å²) in [6.45, 7) is 0. The summed E-state index contributed by atoms with van der Waals surface area (Å²) in [6, 6.07) is 4.09.